The van der Waals surface area contributed by atoms with Gasteiger partial charge in [0.1, 0.15) is 23.0 Å². The molecule has 11 nitrogen and oxygen atoms in total. The molecule has 238 valence electrons. The highest BCUT2D eigenvalue weighted by Crippen LogP contribution is 2.55. The summed E-state index contributed by atoms with van der Waals surface area (Å²) < 4.78 is 18.6. The summed E-state index contributed by atoms with van der Waals surface area (Å²) in [6, 6.07) is 4.77. The molecule has 6 heterocycles. The normalized spacial score (nSPS) is 26.8. The van der Waals surface area contributed by atoms with E-state index in [1.54, 1.807) is 11.3 Å². The number of nitriles is 1. The molecule has 0 radical (unpaired) electrons. The van der Waals surface area contributed by atoms with Crippen molar-refractivity contribution in [3.8, 4) is 23.5 Å². The molecular weight excluding hydrogens is 588 g/mol. The topological polar surface area (TPSA) is 130 Å². The maximum atomic E-state index is 10.1. The Balaban J connectivity index is 1.21. The summed E-state index contributed by atoms with van der Waals surface area (Å²) in [7, 11) is 4.36. The zero-order valence-electron chi connectivity index (χ0n) is 26.5. The third kappa shape index (κ3) is 4.57. The largest absolute Gasteiger partial charge is 0.473 e. The third-order valence-electron chi connectivity index (χ3n) is 11.3. The van der Waals surface area contributed by atoms with Crippen LogP contribution in [-0.4, -0.2) is 96.1 Å². The molecule has 0 saturated carbocycles. The summed E-state index contributed by atoms with van der Waals surface area (Å²) in [4.78, 5) is 18.5. The second-order valence-corrected chi connectivity index (χ2v) is 15.0. The molecule has 45 heavy (non-hydrogen) atoms. The van der Waals surface area contributed by atoms with Gasteiger partial charge in [-0.05, 0) is 84.5 Å². The lowest BCUT2D eigenvalue weighted by Crippen LogP contribution is -2.70. The number of thiophene rings is 1. The van der Waals surface area contributed by atoms with Crippen molar-refractivity contribution in [2.75, 3.05) is 64.1 Å². The van der Waals surface area contributed by atoms with Crippen molar-refractivity contribution in [2.24, 2.45) is 0 Å². The number of fused-ring (bicyclic) bond motifs is 4. The molecule has 5 aliphatic rings. The van der Waals surface area contributed by atoms with Gasteiger partial charge in [-0.3, -0.25) is 9.80 Å². The maximum absolute atomic E-state index is 10.1. The van der Waals surface area contributed by atoms with Gasteiger partial charge in [0.25, 0.3) is 0 Å². The van der Waals surface area contributed by atoms with Crippen molar-refractivity contribution >= 4 is 22.2 Å². The second-order valence-electron chi connectivity index (χ2n) is 13.8. The number of likely N-dealkylation sites (N-methyl/N-ethyl adjacent to an activating group) is 2. The number of hydrogen-bond acceptors (Lipinski definition) is 12. The molecule has 2 N–H and O–H groups in total. The summed E-state index contributed by atoms with van der Waals surface area (Å²) >= 11 is 1.56. The SMILES string of the molecule is C[C@H](Oc1cc(N2CCN(C)C3(COC3)C2)nc(-c2noc3c2CCC[C@@]32CCCc3sc(N)c(C#N)c32)n1)[C@@H]1CCCN1C. The number of nitrogen functional groups attached to an aromatic ring is 1. The van der Waals surface area contributed by atoms with E-state index < -0.39 is 5.41 Å². The van der Waals surface area contributed by atoms with Gasteiger partial charge in [-0.2, -0.15) is 10.2 Å². The molecule has 3 aromatic heterocycles. The van der Waals surface area contributed by atoms with E-state index in [1.807, 2.05) is 6.07 Å². The molecular formula is C33H42N8O3S. The van der Waals surface area contributed by atoms with Gasteiger partial charge in [-0.15, -0.1) is 11.3 Å². The van der Waals surface area contributed by atoms with E-state index in [-0.39, 0.29) is 11.6 Å². The monoisotopic (exact) mass is 630 g/mol. The molecule has 0 unspecified atom stereocenters. The summed E-state index contributed by atoms with van der Waals surface area (Å²) in [6.45, 7) is 7.30. The first kappa shape index (κ1) is 29.2. The first-order chi connectivity index (χ1) is 21.8. The van der Waals surface area contributed by atoms with Crippen molar-refractivity contribution in [3.05, 3.63) is 33.4 Å². The highest BCUT2D eigenvalue weighted by atomic mass is 32.1. The molecule has 8 rings (SSSR count). The van der Waals surface area contributed by atoms with E-state index in [1.165, 1.54) is 11.3 Å². The predicted molar refractivity (Wildman–Crippen MR) is 172 cm³/mol. The van der Waals surface area contributed by atoms with Crippen molar-refractivity contribution < 1.29 is 14.0 Å². The number of aromatic nitrogens is 3. The van der Waals surface area contributed by atoms with Gasteiger partial charge in [0, 0.05) is 42.2 Å². The van der Waals surface area contributed by atoms with Crippen LogP contribution in [0.1, 0.15) is 72.8 Å². The first-order valence-corrected chi connectivity index (χ1v) is 17.2. The van der Waals surface area contributed by atoms with Crippen LogP contribution in [0.3, 0.4) is 0 Å². The number of piperazine rings is 1. The van der Waals surface area contributed by atoms with E-state index in [0.29, 0.717) is 34.0 Å². The van der Waals surface area contributed by atoms with Gasteiger partial charge in [-0.25, -0.2) is 4.98 Å². The molecule has 3 saturated heterocycles. The van der Waals surface area contributed by atoms with Gasteiger partial charge >= 0.3 is 0 Å². The van der Waals surface area contributed by atoms with E-state index >= 15 is 0 Å². The molecule has 2 spiro atoms. The first-order valence-electron chi connectivity index (χ1n) is 16.4. The smallest absolute Gasteiger partial charge is 0.219 e. The van der Waals surface area contributed by atoms with Crippen LogP contribution in [0.5, 0.6) is 5.88 Å². The molecule has 2 aliphatic carbocycles. The van der Waals surface area contributed by atoms with Gasteiger partial charge in [0.15, 0.2) is 17.3 Å². The predicted octanol–water partition coefficient (Wildman–Crippen LogP) is 3.99. The van der Waals surface area contributed by atoms with Gasteiger partial charge in [0.05, 0.1) is 29.7 Å². The fraction of sp³-hybridized carbons (Fsp3) is 0.636. The number of rotatable bonds is 5. The summed E-state index contributed by atoms with van der Waals surface area (Å²) in [5.74, 6) is 2.82. The molecule has 12 heteroatoms. The van der Waals surface area contributed by atoms with Crippen molar-refractivity contribution in [2.45, 2.75) is 81.4 Å². The molecule has 0 aromatic carbocycles. The Morgan fingerprint density at radius 2 is 1.96 bits per heavy atom. The van der Waals surface area contributed by atoms with Crippen LogP contribution in [-0.2, 0) is 23.0 Å². The Morgan fingerprint density at radius 1 is 1.13 bits per heavy atom. The van der Waals surface area contributed by atoms with Crippen LogP contribution in [0.4, 0.5) is 10.8 Å². The fourth-order valence-corrected chi connectivity index (χ4v) is 9.82. The number of hydrogen-bond donors (Lipinski definition) is 1. The quantitative estimate of drug-likeness (QED) is 0.439. The molecule has 0 bridgehead atoms. The number of ether oxygens (including phenoxy) is 2. The van der Waals surface area contributed by atoms with Gasteiger partial charge in [-0.1, -0.05) is 5.16 Å². The average Bonchev–Trinajstić information content (AvgIpc) is 3.73. The summed E-state index contributed by atoms with van der Waals surface area (Å²) in [6.07, 6.45) is 7.88. The standard InChI is InChI=1S/C33H42N8O3S/c1-20(23-8-6-12-39(23)2)43-26-15-25(41-14-13-40(3)32(17-41)18-42-19-32)36-31(37-26)28-21-7-4-10-33(29(21)44-38-28)11-5-9-24-27(33)22(16-34)30(35)45-24/h15,20,23H,4-14,17-19,35H2,1-3H3/t20-,23-,33-/m0/s1. The summed E-state index contributed by atoms with van der Waals surface area (Å²) in [5, 5.41) is 15.4. The minimum absolute atomic E-state index is 0.00316. The highest BCUT2D eigenvalue weighted by molar-refractivity contribution is 7.16. The van der Waals surface area contributed by atoms with Crippen molar-refractivity contribution in [1.82, 2.24) is 24.9 Å². The van der Waals surface area contributed by atoms with E-state index in [0.717, 1.165) is 107 Å². The number of nitrogens with zero attached hydrogens (tertiary/aromatic N) is 7. The van der Waals surface area contributed by atoms with Crippen LogP contribution in [0, 0.1) is 11.3 Å². The Bertz CT molecular complexity index is 1660. The Kier molecular flexibility index (Phi) is 7.09. The zero-order chi connectivity index (χ0) is 30.9. The number of aryl methyl sites for hydroxylation is 1. The summed E-state index contributed by atoms with van der Waals surface area (Å²) in [5.41, 5.74) is 9.41. The lowest BCUT2D eigenvalue weighted by atomic mass is 9.63. The van der Waals surface area contributed by atoms with E-state index in [2.05, 4.69) is 41.8 Å². The second kappa shape index (κ2) is 10.9. The average molecular weight is 631 g/mol. The Labute approximate surface area is 268 Å². The Hall–Kier alpha value is -3.24. The van der Waals surface area contributed by atoms with Crippen LogP contribution in [0.2, 0.25) is 0 Å². The minimum Gasteiger partial charge on any atom is -0.473 e. The van der Waals surface area contributed by atoms with Crippen LogP contribution >= 0.6 is 11.3 Å². The van der Waals surface area contributed by atoms with Crippen LogP contribution in [0.15, 0.2) is 10.6 Å². The molecule has 3 atom stereocenters. The van der Waals surface area contributed by atoms with Gasteiger partial charge < -0.3 is 24.6 Å². The van der Waals surface area contributed by atoms with Crippen molar-refractivity contribution in [3.63, 3.8) is 0 Å². The van der Waals surface area contributed by atoms with E-state index in [9.17, 15) is 5.26 Å². The molecule has 3 aromatic rings. The maximum Gasteiger partial charge on any atom is 0.219 e. The number of anilines is 2. The van der Waals surface area contributed by atoms with E-state index in [4.69, 9.17) is 34.9 Å². The number of nitrogens with two attached hydrogens (primary N) is 1. The van der Waals surface area contributed by atoms with Crippen molar-refractivity contribution in [1.29, 1.82) is 5.26 Å². The molecule has 0 amide bonds. The zero-order valence-corrected chi connectivity index (χ0v) is 27.3. The Morgan fingerprint density at radius 3 is 2.69 bits per heavy atom. The fourth-order valence-electron chi connectivity index (χ4n) is 8.66. The lowest BCUT2D eigenvalue weighted by molar-refractivity contribution is -0.134. The van der Waals surface area contributed by atoms with Crippen LogP contribution in [0.25, 0.3) is 11.5 Å². The molecule has 3 aliphatic heterocycles. The molecule has 3 fully saturated rings. The third-order valence-corrected chi connectivity index (χ3v) is 12.3. The minimum atomic E-state index is -0.391. The van der Waals surface area contributed by atoms with Crippen LogP contribution < -0.4 is 15.4 Å². The number of likely N-dealkylation sites (tertiary alicyclic amines) is 1. The highest BCUT2D eigenvalue weighted by Gasteiger charge is 2.49. The van der Waals surface area contributed by atoms with Gasteiger partial charge in [0.2, 0.25) is 5.88 Å². The lowest BCUT2D eigenvalue weighted by Gasteiger charge is -2.54.